The zero-order chi connectivity index (χ0) is 16.2. The highest BCUT2D eigenvalue weighted by molar-refractivity contribution is 9.10. The van der Waals surface area contributed by atoms with Crippen molar-refractivity contribution in [1.29, 1.82) is 5.26 Å². The second kappa shape index (κ2) is 6.86. The highest BCUT2D eigenvalue weighted by atomic mass is 79.9. The van der Waals surface area contributed by atoms with Crippen LogP contribution in [0.5, 0.6) is 0 Å². The van der Waals surface area contributed by atoms with E-state index in [-0.39, 0.29) is 5.78 Å². The number of allylic oxidation sites excluding steroid dienone is 1. The first-order valence-electron chi connectivity index (χ1n) is 6.90. The number of hydrogen-bond donors (Lipinski definition) is 0. The topological polar surface area (TPSA) is 53.8 Å². The summed E-state index contributed by atoms with van der Waals surface area (Å²) < 4.78 is 1.96. The van der Waals surface area contributed by atoms with Crippen molar-refractivity contribution in [1.82, 2.24) is 4.98 Å². The Morgan fingerprint density at radius 2 is 1.96 bits per heavy atom. The highest BCUT2D eigenvalue weighted by Crippen LogP contribution is 2.28. The van der Waals surface area contributed by atoms with Crippen LogP contribution in [-0.2, 0) is 4.79 Å². The monoisotopic (exact) mass is 382 g/mol. The van der Waals surface area contributed by atoms with Crippen molar-refractivity contribution in [3.05, 3.63) is 69.7 Å². The summed E-state index contributed by atoms with van der Waals surface area (Å²) in [5.74, 6) is -1.12. The van der Waals surface area contributed by atoms with Crippen LogP contribution in [-0.4, -0.2) is 10.8 Å². The minimum Gasteiger partial charge on any atom is -0.293 e. The third-order valence-electron chi connectivity index (χ3n) is 3.28. The minimum absolute atomic E-state index is 0.255. The maximum atomic E-state index is 12.3. The first-order chi connectivity index (χ1) is 11.2. The van der Waals surface area contributed by atoms with E-state index >= 15 is 0 Å². The summed E-state index contributed by atoms with van der Waals surface area (Å²) in [6, 6.07) is 17.3. The number of benzene rings is 2. The van der Waals surface area contributed by atoms with E-state index in [1.807, 2.05) is 48.5 Å². The number of carbonyl (C=O) groups is 1. The summed E-state index contributed by atoms with van der Waals surface area (Å²) >= 11 is 4.75. The molecule has 3 rings (SSSR count). The molecule has 0 radical (unpaired) electrons. The first kappa shape index (κ1) is 15.6. The van der Waals surface area contributed by atoms with Gasteiger partial charge in [0, 0.05) is 4.47 Å². The quantitative estimate of drug-likeness (QED) is 0.599. The third-order valence-corrected chi connectivity index (χ3v) is 4.91. The Hall–Kier alpha value is -2.29. The Kier molecular flexibility index (Phi) is 4.65. The fourth-order valence-corrected chi connectivity index (χ4v) is 3.39. The van der Waals surface area contributed by atoms with Crippen LogP contribution in [0.15, 0.2) is 59.1 Å². The number of halogens is 1. The van der Waals surface area contributed by atoms with Crippen LogP contribution >= 0.6 is 27.3 Å². The van der Waals surface area contributed by atoms with Gasteiger partial charge in [-0.25, -0.2) is 4.98 Å². The molecule has 0 aliphatic heterocycles. The van der Waals surface area contributed by atoms with E-state index in [2.05, 4.69) is 27.0 Å². The number of aromatic nitrogens is 1. The van der Waals surface area contributed by atoms with Gasteiger partial charge < -0.3 is 0 Å². The number of fused-ring (bicyclic) bond motifs is 1. The summed E-state index contributed by atoms with van der Waals surface area (Å²) in [7, 11) is 0. The summed E-state index contributed by atoms with van der Waals surface area (Å²) in [5, 5.41) is 9.91. The molecule has 5 heteroatoms. The van der Waals surface area contributed by atoms with Gasteiger partial charge in [0.15, 0.2) is 11.7 Å². The third kappa shape index (κ3) is 3.55. The molecule has 0 N–H and O–H groups in total. The minimum atomic E-state index is -0.862. The van der Waals surface area contributed by atoms with Gasteiger partial charge in [-0.1, -0.05) is 46.3 Å². The number of rotatable bonds is 4. The molecule has 1 atom stereocenters. The molecule has 0 spiro atoms. The van der Waals surface area contributed by atoms with Gasteiger partial charge in [0.05, 0.1) is 16.3 Å². The van der Waals surface area contributed by atoms with E-state index in [1.54, 1.807) is 6.08 Å². The van der Waals surface area contributed by atoms with Crippen molar-refractivity contribution in [3.8, 4) is 6.07 Å². The Morgan fingerprint density at radius 3 is 2.65 bits per heavy atom. The van der Waals surface area contributed by atoms with Crippen LogP contribution in [0.2, 0.25) is 0 Å². The fourth-order valence-electron chi connectivity index (χ4n) is 2.10. The molecule has 3 nitrogen and oxygen atoms in total. The Labute approximate surface area is 146 Å². The smallest absolute Gasteiger partial charge is 0.179 e. The van der Waals surface area contributed by atoms with Gasteiger partial charge in [0.2, 0.25) is 0 Å². The van der Waals surface area contributed by atoms with Crippen molar-refractivity contribution >= 4 is 49.3 Å². The molecule has 0 saturated heterocycles. The SMILES string of the molecule is N#CC(C(=O)C=Cc1ccc(Br)cc1)c1nc2ccccc2s1. The molecule has 23 heavy (non-hydrogen) atoms. The van der Waals surface area contributed by atoms with Gasteiger partial charge in [-0.05, 0) is 35.9 Å². The number of thiazole rings is 1. The molecule has 1 unspecified atom stereocenters. The summed E-state index contributed by atoms with van der Waals surface area (Å²) in [4.78, 5) is 16.7. The zero-order valence-electron chi connectivity index (χ0n) is 11.9. The second-order valence-electron chi connectivity index (χ2n) is 4.87. The lowest BCUT2D eigenvalue weighted by molar-refractivity contribution is -0.114. The van der Waals surface area contributed by atoms with E-state index in [0.29, 0.717) is 5.01 Å². The maximum absolute atomic E-state index is 12.3. The van der Waals surface area contributed by atoms with Crippen LogP contribution in [0.25, 0.3) is 16.3 Å². The molecule has 0 amide bonds. The molecule has 0 aliphatic rings. The molecule has 0 saturated carbocycles. The van der Waals surface area contributed by atoms with Gasteiger partial charge in [0.1, 0.15) is 5.01 Å². The maximum Gasteiger partial charge on any atom is 0.179 e. The molecule has 1 heterocycles. The van der Waals surface area contributed by atoms with Gasteiger partial charge in [-0.2, -0.15) is 5.26 Å². The predicted molar refractivity (Wildman–Crippen MR) is 96.2 cm³/mol. The molecule has 2 aromatic carbocycles. The summed E-state index contributed by atoms with van der Waals surface area (Å²) in [6.45, 7) is 0. The van der Waals surface area contributed by atoms with Crippen LogP contribution in [0.3, 0.4) is 0 Å². The predicted octanol–water partition coefficient (Wildman–Crippen LogP) is 4.95. The molecular weight excluding hydrogens is 372 g/mol. The molecule has 0 fully saturated rings. The highest BCUT2D eigenvalue weighted by Gasteiger charge is 2.21. The van der Waals surface area contributed by atoms with E-state index < -0.39 is 5.92 Å². The van der Waals surface area contributed by atoms with Crippen molar-refractivity contribution in [3.63, 3.8) is 0 Å². The van der Waals surface area contributed by atoms with E-state index in [0.717, 1.165) is 20.3 Å². The Bertz CT molecular complexity index is 889. The van der Waals surface area contributed by atoms with Crippen molar-refractivity contribution in [2.45, 2.75) is 5.92 Å². The van der Waals surface area contributed by atoms with Crippen LogP contribution in [0.1, 0.15) is 16.5 Å². The Morgan fingerprint density at radius 1 is 1.22 bits per heavy atom. The molecule has 0 bridgehead atoms. The standard InChI is InChI=1S/C18H11BrN2OS/c19-13-8-5-12(6-9-13)7-10-16(22)14(11-20)18-21-15-3-1-2-4-17(15)23-18/h1-10,14H. The van der Waals surface area contributed by atoms with Crippen molar-refractivity contribution in [2.24, 2.45) is 0 Å². The Balaban J connectivity index is 1.84. The van der Waals surface area contributed by atoms with E-state index in [9.17, 15) is 10.1 Å². The number of carbonyl (C=O) groups excluding carboxylic acids is 1. The number of para-hydroxylation sites is 1. The molecule has 0 aliphatic carbocycles. The van der Waals surface area contributed by atoms with Crippen LogP contribution in [0.4, 0.5) is 0 Å². The molecular formula is C18H11BrN2OS. The van der Waals surface area contributed by atoms with E-state index in [4.69, 9.17) is 0 Å². The van der Waals surface area contributed by atoms with Gasteiger partial charge in [0.25, 0.3) is 0 Å². The lowest BCUT2D eigenvalue weighted by atomic mass is 10.1. The lowest BCUT2D eigenvalue weighted by Gasteiger charge is -2.00. The van der Waals surface area contributed by atoms with Gasteiger partial charge in [-0.3, -0.25) is 4.79 Å². The van der Waals surface area contributed by atoms with Crippen molar-refractivity contribution < 1.29 is 4.79 Å². The second-order valence-corrected chi connectivity index (χ2v) is 6.85. The number of nitriles is 1. The normalized spacial score (nSPS) is 12.3. The first-order valence-corrected chi connectivity index (χ1v) is 8.51. The van der Waals surface area contributed by atoms with Crippen LogP contribution < -0.4 is 0 Å². The molecule has 3 aromatic rings. The summed E-state index contributed by atoms with van der Waals surface area (Å²) in [5.41, 5.74) is 1.72. The molecule has 112 valence electrons. The van der Waals surface area contributed by atoms with E-state index in [1.165, 1.54) is 17.4 Å². The van der Waals surface area contributed by atoms with Crippen molar-refractivity contribution in [2.75, 3.05) is 0 Å². The number of nitrogens with zero attached hydrogens (tertiary/aromatic N) is 2. The fraction of sp³-hybridized carbons (Fsp3) is 0.0556. The van der Waals surface area contributed by atoms with Gasteiger partial charge in [-0.15, -0.1) is 11.3 Å². The number of ketones is 1. The summed E-state index contributed by atoms with van der Waals surface area (Å²) in [6.07, 6.45) is 3.16. The average Bonchev–Trinajstić information content (AvgIpc) is 2.98. The lowest BCUT2D eigenvalue weighted by Crippen LogP contribution is -2.07. The zero-order valence-corrected chi connectivity index (χ0v) is 14.3. The molecule has 1 aromatic heterocycles. The average molecular weight is 383 g/mol. The largest absolute Gasteiger partial charge is 0.293 e. The van der Waals surface area contributed by atoms with Gasteiger partial charge >= 0.3 is 0 Å². The van der Waals surface area contributed by atoms with Crippen LogP contribution in [0, 0.1) is 11.3 Å². The number of hydrogen-bond acceptors (Lipinski definition) is 4.